The fraction of sp³-hybridized carbons (Fsp3) is 0.294. The van der Waals surface area contributed by atoms with Crippen molar-refractivity contribution in [1.82, 2.24) is 5.43 Å². The molecule has 1 fully saturated rings. The Balaban J connectivity index is 1.81. The van der Waals surface area contributed by atoms with E-state index in [2.05, 4.69) is 10.5 Å². The molecule has 1 aromatic rings. The van der Waals surface area contributed by atoms with Crippen molar-refractivity contribution in [2.75, 3.05) is 4.90 Å². The van der Waals surface area contributed by atoms with Gasteiger partial charge < -0.3 is 5.73 Å². The second-order valence-corrected chi connectivity index (χ2v) is 6.52. The summed E-state index contributed by atoms with van der Waals surface area (Å²) < 4.78 is 0. The number of benzene rings is 1. The van der Waals surface area contributed by atoms with Crippen LogP contribution < -0.4 is 16.1 Å². The molecule has 0 unspecified atom stereocenters. The van der Waals surface area contributed by atoms with Crippen LogP contribution in [0.5, 0.6) is 0 Å². The maximum absolute atomic E-state index is 12.6. The third kappa shape index (κ3) is 3.28. The van der Waals surface area contributed by atoms with Crippen molar-refractivity contribution in [3.63, 3.8) is 0 Å². The van der Waals surface area contributed by atoms with Gasteiger partial charge >= 0.3 is 6.03 Å². The van der Waals surface area contributed by atoms with Gasteiger partial charge in [0.15, 0.2) is 0 Å². The number of carbonyl (C=O) groups excluding carboxylic acids is 3. The molecular formula is C17H17ClN4O3. The number of amides is 4. The summed E-state index contributed by atoms with van der Waals surface area (Å²) in [5, 5.41) is 4.47. The highest BCUT2D eigenvalue weighted by Crippen LogP contribution is 2.40. The second-order valence-electron chi connectivity index (χ2n) is 6.04. The number of rotatable bonds is 3. The Bertz CT molecular complexity index is 801. The smallest absolute Gasteiger partial charge is 0.332 e. The second kappa shape index (κ2) is 6.68. The van der Waals surface area contributed by atoms with Crippen LogP contribution in [0.25, 0.3) is 0 Å². The fourth-order valence-electron chi connectivity index (χ4n) is 3.14. The van der Waals surface area contributed by atoms with Crippen molar-refractivity contribution in [1.29, 1.82) is 0 Å². The van der Waals surface area contributed by atoms with Gasteiger partial charge in [0.05, 0.1) is 23.2 Å². The van der Waals surface area contributed by atoms with E-state index in [9.17, 15) is 14.4 Å². The molecule has 130 valence electrons. The Morgan fingerprint density at radius 3 is 2.52 bits per heavy atom. The molecular weight excluding hydrogens is 344 g/mol. The monoisotopic (exact) mass is 360 g/mol. The molecule has 4 amide bonds. The minimum absolute atomic E-state index is 0.191. The van der Waals surface area contributed by atoms with Crippen molar-refractivity contribution < 1.29 is 14.4 Å². The van der Waals surface area contributed by atoms with E-state index in [1.54, 1.807) is 31.2 Å². The van der Waals surface area contributed by atoms with Crippen LogP contribution in [0.15, 0.2) is 40.5 Å². The lowest BCUT2D eigenvalue weighted by molar-refractivity contribution is -0.122. The van der Waals surface area contributed by atoms with Crippen LogP contribution in [0.3, 0.4) is 0 Å². The van der Waals surface area contributed by atoms with Gasteiger partial charge in [0.25, 0.3) is 0 Å². The molecule has 1 aliphatic carbocycles. The summed E-state index contributed by atoms with van der Waals surface area (Å²) in [6, 6.07) is 6.07. The van der Waals surface area contributed by atoms with E-state index < -0.39 is 6.03 Å². The largest absolute Gasteiger partial charge is 0.350 e. The summed E-state index contributed by atoms with van der Waals surface area (Å²) in [5.74, 6) is -1.12. The maximum Gasteiger partial charge on any atom is 0.332 e. The van der Waals surface area contributed by atoms with Gasteiger partial charge in [-0.2, -0.15) is 5.10 Å². The molecule has 1 heterocycles. The predicted octanol–water partition coefficient (Wildman–Crippen LogP) is 2.10. The van der Waals surface area contributed by atoms with Crippen molar-refractivity contribution in [2.45, 2.75) is 19.8 Å². The summed E-state index contributed by atoms with van der Waals surface area (Å²) in [5.41, 5.74) is 8.93. The molecule has 0 spiro atoms. The van der Waals surface area contributed by atoms with Crippen molar-refractivity contribution in [2.24, 2.45) is 22.7 Å². The lowest BCUT2D eigenvalue weighted by Crippen LogP contribution is -2.30. The number of nitrogens with zero attached hydrogens (tertiary/aromatic N) is 2. The summed E-state index contributed by atoms with van der Waals surface area (Å²) in [6.45, 7) is 1.71. The third-order valence-corrected chi connectivity index (χ3v) is 4.75. The van der Waals surface area contributed by atoms with E-state index in [0.717, 1.165) is 5.56 Å². The Morgan fingerprint density at radius 2 is 1.88 bits per heavy atom. The average molecular weight is 361 g/mol. The zero-order valence-electron chi connectivity index (χ0n) is 13.5. The first-order valence-electron chi connectivity index (χ1n) is 7.81. The highest BCUT2D eigenvalue weighted by Gasteiger charge is 2.48. The average Bonchev–Trinajstić information content (AvgIpc) is 2.83. The number of hydrogen-bond acceptors (Lipinski definition) is 4. The van der Waals surface area contributed by atoms with Crippen LogP contribution in [-0.2, 0) is 9.59 Å². The van der Waals surface area contributed by atoms with Gasteiger partial charge in [-0.1, -0.05) is 29.8 Å². The summed E-state index contributed by atoms with van der Waals surface area (Å²) in [4.78, 5) is 37.2. The number of carbonyl (C=O) groups is 3. The quantitative estimate of drug-likeness (QED) is 0.490. The Morgan fingerprint density at radius 1 is 1.24 bits per heavy atom. The molecule has 1 aliphatic heterocycles. The number of urea groups is 1. The molecule has 0 aromatic heterocycles. The van der Waals surface area contributed by atoms with E-state index in [0.29, 0.717) is 29.3 Å². The van der Waals surface area contributed by atoms with Crippen LogP contribution in [0.1, 0.15) is 25.3 Å². The number of halogens is 1. The van der Waals surface area contributed by atoms with Gasteiger partial charge in [0.1, 0.15) is 0 Å². The van der Waals surface area contributed by atoms with Crippen LogP contribution in [0.2, 0.25) is 0 Å². The number of nitrogens with one attached hydrogen (secondary N) is 1. The van der Waals surface area contributed by atoms with Gasteiger partial charge in [-0.05, 0) is 37.5 Å². The van der Waals surface area contributed by atoms with Crippen molar-refractivity contribution in [3.8, 4) is 0 Å². The van der Waals surface area contributed by atoms with E-state index in [4.69, 9.17) is 17.3 Å². The van der Waals surface area contributed by atoms with Gasteiger partial charge in [-0.25, -0.2) is 10.2 Å². The molecule has 2 atom stereocenters. The number of imide groups is 1. The molecule has 8 heteroatoms. The van der Waals surface area contributed by atoms with Crippen LogP contribution in [0, 0.1) is 11.8 Å². The van der Waals surface area contributed by atoms with Gasteiger partial charge in [-0.3, -0.25) is 14.5 Å². The SMILES string of the molecule is CC(=NNC(N)=O)c1ccc(N2C(=O)[C@H]3CC=C(Cl)C[C@H]3C2=O)cc1. The summed E-state index contributed by atoms with van der Waals surface area (Å²) in [6.07, 6.45) is 2.72. The Hall–Kier alpha value is -2.67. The fourth-order valence-corrected chi connectivity index (χ4v) is 3.39. The molecule has 7 nitrogen and oxygen atoms in total. The van der Waals surface area contributed by atoms with Crippen LogP contribution in [-0.4, -0.2) is 23.6 Å². The Kier molecular flexibility index (Phi) is 4.59. The minimum atomic E-state index is -0.751. The minimum Gasteiger partial charge on any atom is -0.350 e. The highest BCUT2D eigenvalue weighted by molar-refractivity contribution is 6.30. The normalized spacial score (nSPS) is 23.4. The van der Waals surface area contributed by atoms with Gasteiger partial charge in [0.2, 0.25) is 11.8 Å². The summed E-state index contributed by atoms with van der Waals surface area (Å²) >= 11 is 6.02. The first kappa shape index (κ1) is 17.2. The Labute approximate surface area is 149 Å². The number of fused-ring (bicyclic) bond motifs is 1. The van der Waals surface area contributed by atoms with E-state index in [1.807, 2.05) is 6.08 Å². The molecule has 25 heavy (non-hydrogen) atoms. The van der Waals surface area contributed by atoms with Crippen LogP contribution >= 0.6 is 11.6 Å². The van der Waals surface area contributed by atoms with Crippen molar-refractivity contribution >= 4 is 40.8 Å². The lowest BCUT2D eigenvalue weighted by Gasteiger charge is -2.17. The number of primary amides is 1. The molecule has 1 saturated heterocycles. The molecule has 3 rings (SSSR count). The number of allylic oxidation sites excluding steroid dienone is 2. The molecule has 1 aromatic carbocycles. The van der Waals surface area contributed by atoms with E-state index in [-0.39, 0.29) is 23.7 Å². The highest BCUT2D eigenvalue weighted by atomic mass is 35.5. The number of anilines is 1. The molecule has 0 saturated carbocycles. The number of hydrazone groups is 1. The number of hydrogen-bond donors (Lipinski definition) is 2. The zero-order chi connectivity index (χ0) is 18.1. The first-order chi connectivity index (χ1) is 11.9. The van der Waals surface area contributed by atoms with Crippen LogP contribution in [0.4, 0.5) is 10.5 Å². The summed E-state index contributed by atoms with van der Waals surface area (Å²) in [7, 11) is 0. The van der Waals surface area contributed by atoms with Crippen molar-refractivity contribution in [3.05, 3.63) is 40.9 Å². The molecule has 0 radical (unpaired) electrons. The molecule has 0 bridgehead atoms. The standard InChI is InChI=1S/C17H17ClN4O3/c1-9(20-21-17(19)25)10-2-5-12(6-3-10)22-15(23)13-7-4-11(18)8-14(13)16(22)24/h2-6,13-14H,7-8H2,1H3,(H3,19,21,25)/t13-,14+/m0/s1. The first-order valence-corrected chi connectivity index (χ1v) is 8.19. The topological polar surface area (TPSA) is 105 Å². The predicted molar refractivity (Wildman–Crippen MR) is 94.0 cm³/mol. The van der Waals surface area contributed by atoms with Gasteiger partial charge in [0, 0.05) is 5.03 Å². The third-order valence-electron chi connectivity index (χ3n) is 4.45. The molecule has 2 aliphatic rings. The zero-order valence-corrected chi connectivity index (χ0v) is 14.3. The number of nitrogens with two attached hydrogens (primary N) is 1. The molecule has 3 N–H and O–H groups in total. The van der Waals surface area contributed by atoms with Gasteiger partial charge in [-0.15, -0.1) is 0 Å². The maximum atomic E-state index is 12.6. The lowest BCUT2D eigenvalue weighted by atomic mass is 9.85. The van der Waals surface area contributed by atoms with E-state index >= 15 is 0 Å². The van der Waals surface area contributed by atoms with E-state index in [1.165, 1.54) is 4.90 Å².